The quantitative estimate of drug-likeness (QED) is 0.898. The minimum Gasteiger partial charge on any atom is -0.367 e. The highest BCUT2D eigenvalue weighted by Gasteiger charge is 2.42. The summed E-state index contributed by atoms with van der Waals surface area (Å²) in [6, 6.07) is 10.6. The molecular weight excluding hydrogens is 312 g/mol. The van der Waals surface area contributed by atoms with E-state index in [9.17, 15) is 4.79 Å². The number of benzene rings is 1. The normalized spacial score (nSPS) is 38.4. The van der Waals surface area contributed by atoms with Gasteiger partial charge in [0.15, 0.2) is 0 Å². The molecule has 0 aromatic heterocycles. The fourth-order valence-corrected chi connectivity index (χ4v) is 5.23. The Kier molecular flexibility index (Phi) is 4.83. The average molecular weight is 342 g/mol. The molecule has 136 valence electrons. The van der Waals surface area contributed by atoms with E-state index in [0.29, 0.717) is 36.9 Å². The number of morpholine rings is 1. The maximum absolute atomic E-state index is 13.2. The van der Waals surface area contributed by atoms with E-state index in [0.717, 1.165) is 18.4 Å². The van der Waals surface area contributed by atoms with E-state index < -0.39 is 0 Å². The summed E-state index contributed by atoms with van der Waals surface area (Å²) < 4.78 is 6.12. The molecule has 4 heteroatoms. The van der Waals surface area contributed by atoms with E-state index in [1.807, 2.05) is 18.2 Å². The van der Waals surface area contributed by atoms with Gasteiger partial charge in [-0.3, -0.25) is 4.79 Å². The molecule has 4 atom stereocenters. The number of carbonyl (C=O) groups excluding carboxylic acids is 1. The molecule has 1 aromatic rings. The summed E-state index contributed by atoms with van der Waals surface area (Å²) in [4.78, 5) is 15.3. The van der Waals surface area contributed by atoms with Crippen molar-refractivity contribution in [1.29, 1.82) is 0 Å². The summed E-state index contributed by atoms with van der Waals surface area (Å²) in [6.45, 7) is 3.45. The highest BCUT2D eigenvalue weighted by atomic mass is 16.5. The first-order valence-electron chi connectivity index (χ1n) is 9.86. The Bertz CT molecular complexity index is 591. The standard InChI is InChI=1S/C21H30N2O2/c1-14-12-23(13-19(25-14)15-6-3-2-4-7-15)21(24)18-10-16-8-5-9-17(11-18)20(16)22/h2-4,6-7,14,16-20H,5,8-13,22H2,1H3. The van der Waals surface area contributed by atoms with E-state index in [1.54, 1.807) is 0 Å². The fourth-order valence-electron chi connectivity index (χ4n) is 5.23. The SMILES string of the molecule is CC1CN(C(=O)C2CC3CCCC(C2)C3N)CC(c2ccccc2)O1. The molecule has 4 rings (SSSR count). The van der Waals surface area contributed by atoms with Gasteiger partial charge in [0.1, 0.15) is 6.10 Å². The van der Waals surface area contributed by atoms with Crippen LogP contribution in [0.15, 0.2) is 30.3 Å². The number of amides is 1. The molecular formula is C21H30N2O2. The van der Waals surface area contributed by atoms with Crippen molar-refractivity contribution in [2.45, 2.75) is 57.3 Å². The summed E-state index contributed by atoms with van der Waals surface area (Å²) in [6.07, 6.45) is 5.72. The van der Waals surface area contributed by atoms with Crippen molar-refractivity contribution in [3.05, 3.63) is 35.9 Å². The van der Waals surface area contributed by atoms with Gasteiger partial charge < -0.3 is 15.4 Å². The zero-order chi connectivity index (χ0) is 17.4. The minimum atomic E-state index is -0.0146. The molecule has 4 nitrogen and oxygen atoms in total. The van der Waals surface area contributed by atoms with Gasteiger partial charge in [0.25, 0.3) is 0 Å². The maximum atomic E-state index is 13.2. The predicted molar refractivity (Wildman–Crippen MR) is 97.8 cm³/mol. The fraction of sp³-hybridized carbons (Fsp3) is 0.667. The summed E-state index contributed by atoms with van der Waals surface area (Å²) in [5.41, 5.74) is 7.56. The molecule has 1 aromatic carbocycles. The molecule has 3 aliphatic rings. The number of nitrogens with two attached hydrogens (primary N) is 1. The number of rotatable bonds is 2. The van der Waals surface area contributed by atoms with Gasteiger partial charge in [0.2, 0.25) is 5.91 Å². The van der Waals surface area contributed by atoms with Crippen molar-refractivity contribution in [3.63, 3.8) is 0 Å². The number of hydrogen-bond donors (Lipinski definition) is 1. The Labute approximate surface area is 150 Å². The van der Waals surface area contributed by atoms with Crippen molar-refractivity contribution < 1.29 is 9.53 Å². The first-order valence-corrected chi connectivity index (χ1v) is 9.86. The molecule has 4 unspecified atom stereocenters. The van der Waals surface area contributed by atoms with Gasteiger partial charge in [-0.25, -0.2) is 0 Å². The molecule has 3 fully saturated rings. The molecule has 1 aliphatic heterocycles. The Morgan fingerprint density at radius 3 is 2.48 bits per heavy atom. The highest BCUT2D eigenvalue weighted by molar-refractivity contribution is 5.79. The van der Waals surface area contributed by atoms with E-state index in [-0.39, 0.29) is 18.1 Å². The molecule has 1 saturated heterocycles. The molecule has 0 spiro atoms. The van der Waals surface area contributed by atoms with Crippen LogP contribution in [-0.2, 0) is 9.53 Å². The van der Waals surface area contributed by atoms with Crippen LogP contribution in [0.4, 0.5) is 0 Å². The van der Waals surface area contributed by atoms with Crippen LogP contribution in [0.25, 0.3) is 0 Å². The van der Waals surface area contributed by atoms with E-state index in [4.69, 9.17) is 10.5 Å². The molecule has 2 bridgehead atoms. The third kappa shape index (κ3) is 3.47. The van der Waals surface area contributed by atoms with Crippen LogP contribution in [0.3, 0.4) is 0 Å². The van der Waals surface area contributed by atoms with Crippen LogP contribution in [0.5, 0.6) is 0 Å². The van der Waals surface area contributed by atoms with Gasteiger partial charge >= 0.3 is 0 Å². The van der Waals surface area contributed by atoms with Crippen LogP contribution in [0.1, 0.15) is 50.7 Å². The van der Waals surface area contributed by atoms with E-state index >= 15 is 0 Å². The lowest BCUT2D eigenvalue weighted by Gasteiger charge is -2.45. The van der Waals surface area contributed by atoms with Crippen LogP contribution in [-0.4, -0.2) is 36.0 Å². The average Bonchev–Trinajstić information content (AvgIpc) is 2.61. The van der Waals surface area contributed by atoms with Gasteiger partial charge in [-0.2, -0.15) is 0 Å². The summed E-state index contributed by atoms with van der Waals surface area (Å²) in [7, 11) is 0. The van der Waals surface area contributed by atoms with Crippen molar-refractivity contribution in [2.24, 2.45) is 23.5 Å². The number of fused-ring (bicyclic) bond motifs is 2. The van der Waals surface area contributed by atoms with Crippen LogP contribution < -0.4 is 5.73 Å². The second kappa shape index (κ2) is 7.08. The molecule has 25 heavy (non-hydrogen) atoms. The third-order valence-corrected chi connectivity index (χ3v) is 6.51. The largest absolute Gasteiger partial charge is 0.367 e. The van der Waals surface area contributed by atoms with Crippen LogP contribution in [0.2, 0.25) is 0 Å². The highest BCUT2D eigenvalue weighted by Crippen LogP contribution is 2.42. The number of nitrogens with zero attached hydrogens (tertiary/aromatic N) is 1. The molecule has 1 heterocycles. The van der Waals surface area contributed by atoms with Crippen molar-refractivity contribution in [1.82, 2.24) is 4.90 Å². The van der Waals surface area contributed by atoms with Crippen LogP contribution in [0, 0.1) is 17.8 Å². The Morgan fingerprint density at radius 2 is 1.80 bits per heavy atom. The molecule has 2 saturated carbocycles. The van der Waals surface area contributed by atoms with Crippen molar-refractivity contribution in [2.75, 3.05) is 13.1 Å². The minimum absolute atomic E-state index is 0.0146. The Hall–Kier alpha value is -1.39. The lowest BCUT2D eigenvalue weighted by Crippen LogP contribution is -2.52. The van der Waals surface area contributed by atoms with Crippen LogP contribution >= 0.6 is 0 Å². The summed E-state index contributed by atoms with van der Waals surface area (Å²) in [5, 5.41) is 0. The molecule has 1 amide bonds. The second-order valence-electron chi connectivity index (χ2n) is 8.29. The third-order valence-electron chi connectivity index (χ3n) is 6.51. The van der Waals surface area contributed by atoms with Crippen molar-refractivity contribution in [3.8, 4) is 0 Å². The topological polar surface area (TPSA) is 55.6 Å². The first kappa shape index (κ1) is 17.0. The molecule has 2 N–H and O–H groups in total. The zero-order valence-corrected chi connectivity index (χ0v) is 15.1. The number of carbonyl (C=O) groups is 1. The van der Waals surface area contributed by atoms with Gasteiger partial charge in [-0.15, -0.1) is 0 Å². The van der Waals surface area contributed by atoms with Gasteiger partial charge in [-0.1, -0.05) is 36.8 Å². The maximum Gasteiger partial charge on any atom is 0.225 e. The Morgan fingerprint density at radius 1 is 1.12 bits per heavy atom. The zero-order valence-electron chi connectivity index (χ0n) is 15.1. The number of ether oxygens (including phenoxy) is 1. The summed E-state index contributed by atoms with van der Waals surface area (Å²) in [5.74, 6) is 1.59. The van der Waals surface area contributed by atoms with Gasteiger partial charge in [0.05, 0.1) is 12.6 Å². The van der Waals surface area contributed by atoms with Crippen molar-refractivity contribution >= 4 is 5.91 Å². The lowest BCUT2D eigenvalue weighted by molar-refractivity contribution is -0.152. The molecule has 0 radical (unpaired) electrons. The molecule has 2 aliphatic carbocycles. The van der Waals surface area contributed by atoms with E-state index in [2.05, 4.69) is 24.0 Å². The second-order valence-corrected chi connectivity index (χ2v) is 8.29. The monoisotopic (exact) mass is 342 g/mol. The summed E-state index contributed by atoms with van der Waals surface area (Å²) >= 11 is 0. The Balaban J connectivity index is 1.46. The smallest absolute Gasteiger partial charge is 0.225 e. The lowest BCUT2D eigenvalue weighted by atomic mass is 9.65. The van der Waals surface area contributed by atoms with Gasteiger partial charge in [-0.05, 0) is 50.0 Å². The van der Waals surface area contributed by atoms with E-state index in [1.165, 1.54) is 19.3 Å². The predicted octanol–water partition coefficient (Wildman–Crippen LogP) is 3.13. The van der Waals surface area contributed by atoms with Gasteiger partial charge in [0, 0.05) is 18.5 Å². The number of hydrogen-bond acceptors (Lipinski definition) is 3. The first-order chi connectivity index (χ1) is 12.1.